The lowest BCUT2D eigenvalue weighted by Gasteiger charge is -2.22. The number of rotatable bonds is 4. The van der Waals surface area contributed by atoms with Crippen LogP contribution in [-0.2, 0) is 5.60 Å². The van der Waals surface area contributed by atoms with Crippen molar-refractivity contribution in [1.82, 2.24) is 10.3 Å². The van der Waals surface area contributed by atoms with Gasteiger partial charge in [0.2, 0.25) is 0 Å². The first-order valence-corrected chi connectivity index (χ1v) is 6.38. The number of amides is 1. The SMILES string of the molecule is Cc1ocnc1C(=O)NCC(C)(O)c1ccsc1. The fraction of sp³-hybridized carbons (Fsp3) is 0.333. The number of oxazole rings is 1. The summed E-state index contributed by atoms with van der Waals surface area (Å²) in [6.45, 7) is 3.44. The molecule has 18 heavy (non-hydrogen) atoms. The predicted octanol–water partition coefficient (Wildman–Crippen LogP) is 1.68. The molecule has 96 valence electrons. The van der Waals surface area contributed by atoms with Gasteiger partial charge in [0.25, 0.3) is 5.91 Å². The molecule has 0 saturated carbocycles. The van der Waals surface area contributed by atoms with E-state index < -0.39 is 5.60 Å². The first-order valence-electron chi connectivity index (χ1n) is 5.44. The number of hydrogen-bond donors (Lipinski definition) is 2. The van der Waals surface area contributed by atoms with Crippen LogP contribution in [0.3, 0.4) is 0 Å². The molecular weight excluding hydrogens is 252 g/mol. The van der Waals surface area contributed by atoms with Crippen LogP contribution in [-0.4, -0.2) is 22.5 Å². The Labute approximate surface area is 108 Å². The van der Waals surface area contributed by atoms with E-state index in [4.69, 9.17) is 4.42 Å². The number of nitrogens with zero attached hydrogens (tertiary/aromatic N) is 1. The second-order valence-electron chi connectivity index (χ2n) is 4.23. The van der Waals surface area contributed by atoms with Crippen molar-refractivity contribution in [3.8, 4) is 0 Å². The van der Waals surface area contributed by atoms with Gasteiger partial charge < -0.3 is 14.8 Å². The highest BCUT2D eigenvalue weighted by Gasteiger charge is 2.25. The Morgan fingerprint density at radius 3 is 3.00 bits per heavy atom. The monoisotopic (exact) mass is 266 g/mol. The zero-order valence-corrected chi connectivity index (χ0v) is 11.0. The zero-order valence-electron chi connectivity index (χ0n) is 10.1. The van der Waals surface area contributed by atoms with Gasteiger partial charge in [-0.25, -0.2) is 4.98 Å². The normalized spacial score (nSPS) is 14.2. The van der Waals surface area contributed by atoms with Crippen molar-refractivity contribution in [2.24, 2.45) is 0 Å². The molecule has 5 nitrogen and oxygen atoms in total. The minimum Gasteiger partial charge on any atom is -0.448 e. The van der Waals surface area contributed by atoms with E-state index in [-0.39, 0.29) is 18.1 Å². The van der Waals surface area contributed by atoms with E-state index in [0.717, 1.165) is 5.56 Å². The topological polar surface area (TPSA) is 75.4 Å². The molecule has 0 spiro atoms. The molecule has 0 saturated heterocycles. The summed E-state index contributed by atoms with van der Waals surface area (Å²) in [5, 5.41) is 16.6. The first-order chi connectivity index (χ1) is 8.50. The predicted molar refractivity (Wildman–Crippen MR) is 67.5 cm³/mol. The quantitative estimate of drug-likeness (QED) is 0.883. The van der Waals surface area contributed by atoms with Gasteiger partial charge in [-0.2, -0.15) is 11.3 Å². The second kappa shape index (κ2) is 4.91. The van der Waals surface area contributed by atoms with E-state index >= 15 is 0 Å². The highest BCUT2D eigenvalue weighted by atomic mass is 32.1. The van der Waals surface area contributed by atoms with Crippen LogP contribution in [0.2, 0.25) is 0 Å². The molecule has 2 N–H and O–H groups in total. The molecule has 6 heteroatoms. The molecule has 0 aliphatic heterocycles. The molecule has 1 atom stereocenters. The molecule has 1 amide bonds. The minimum absolute atomic E-state index is 0.120. The summed E-state index contributed by atoms with van der Waals surface area (Å²) in [5.41, 5.74) is -0.0615. The maximum atomic E-state index is 11.8. The van der Waals surface area contributed by atoms with Crippen molar-refractivity contribution in [1.29, 1.82) is 0 Å². The second-order valence-corrected chi connectivity index (χ2v) is 5.01. The van der Waals surface area contributed by atoms with Gasteiger partial charge in [0.1, 0.15) is 11.4 Å². The van der Waals surface area contributed by atoms with Gasteiger partial charge in [-0.3, -0.25) is 4.79 Å². The maximum absolute atomic E-state index is 11.8. The number of thiophene rings is 1. The van der Waals surface area contributed by atoms with Crippen LogP contribution in [0.1, 0.15) is 28.7 Å². The molecule has 0 aliphatic carbocycles. The van der Waals surface area contributed by atoms with Crippen molar-refractivity contribution in [3.05, 3.63) is 40.2 Å². The Kier molecular flexibility index (Phi) is 3.49. The standard InChI is InChI=1S/C12H14N2O3S/c1-8-10(14-7-17-8)11(15)13-6-12(2,16)9-3-4-18-5-9/h3-5,7,16H,6H2,1-2H3,(H,13,15). The molecule has 0 radical (unpaired) electrons. The average molecular weight is 266 g/mol. The lowest BCUT2D eigenvalue weighted by atomic mass is 9.99. The lowest BCUT2D eigenvalue weighted by molar-refractivity contribution is 0.0528. The van der Waals surface area contributed by atoms with E-state index in [9.17, 15) is 9.90 Å². The highest BCUT2D eigenvalue weighted by molar-refractivity contribution is 7.08. The van der Waals surface area contributed by atoms with E-state index in [1.54, 1.807) is 13.8 Å². The summed E-state index contributed by atoms with van der Waals surface area (Å²) < 4.78 is 4.96. The van der Waals surface area contributed by atoms with E-state index in [1.165, 1.54) is 17.7 Å². The third-order valence-corrected chi connectivity index (χ3v) is 3.38. The van der Waals surface area contributed by atoms with Gasteiger partial charge in [0.15, 0.2) is 12.1 Å². The smallest absolute Gasteiger partial charge is 0.273 e. The van der Waals surface area contributed by atoms with Crippen molar-refractivity contribution in [2.45, 2.75) is 19.4 Å². The molecule has 0 aromatic carbocycles. The third-order valence-electron chi connectivity index (χ3n) is 2.70. The van der Waals surface area contributed by atoms with Gasteiger partial charge in [-0.15, -0.1) is 0 Å². The van der Waals surface area contributed by atoms with Crippen LogP contribution in [0, 0.1) is 6.92 Å². The van der Waals surface area contributed by atoms with Crippen molar-refractivity contribution in [2.75, 3.05) is 6.54 Å². The summed E-state index contributed by atoms with van der Waals surface area (Å²) in [7, 11) is 0. The molecule has 2 aromatic heterocycles. The van der Waals surface area contributed by atoms with Gasteiger partial charge in [-0.1, -0.05) is 0 Å². The number of aliphatic hydroxyl groups is 1. The van der Waals surface area contributed by atoms with Crippen LogP contribution in [0.4, 0.5) is 0 Å². The Morgan fingerprint density at radius 2 is 2.44 bits per heavy atom. The number of carbonyl (C=O) groups excluding carboxylic acids is 1. The van der Waals surface area contributed by atoms with Crippen molar-refractivity contribution < 1.29 is 14.3 Å². The zero-order chi connectivity index (χ0) is 13.2. The van der Waals surface area contributed by atoms with Crippen LogP contribution in [0.15, 0.2) is 27.6 Å². The first kappa shape index (κ1) is 12.8. The van der Waals surface area contributed by atoms with Gasteiger partial charge in [0, 0.05) is 0 Å². The number of carbonyl (C=O) groups is 1. The van der Waals surface area contributed by atoms with Crippen LogP contribution in [0.25, 0.3) is 0 Å². The molecule has 0 aliphatic rings. The molecule has 0 bridgehead atoms. The number of hydrogen-bond acceptors (Lipinski definition) is 5. The van der Waals surface area contributed by atoms with Gasteiger partial charge in [-0.05, 0) is 36.2 Å². The summed E-state index contributed by atoms with van der Waals surface area (Å²) in [5.74, 6) is 0.111. The van der Waals surface area contributed by atoms with Crippen molar-refractivity contribution in [3.63, 3.8) is 0 Å². The van der Waals surface area contributed by atoms with E-state index in [2.05, 4.69) is 10.3 Å². The Bertz CT molecular complexity index is 531. The summed E-state index contributed by atoms with van der Waals surface area (Å²) in [4.78, 5) is 15.6. The Balaban J connectivity index is 2.00. The minimum atomic E-state index is -1.09. The maximum Gasteiger partial charge on any atom is 0.273 e. The molecule has 1 unspecified atom stereocenters. The van der Waals surface area contributed by atoms with E-state index in [1.807, 2.05) is 16.8 Å². The Morgan fingerprint density at radius 1 is 1.67 bits per heavy atom. The fourth-order valence-electron chi connectivity index (χ4n) is 1.53. The van der Waals surface area contributed by atoms with Crippen LogP contribution >= 0.6 is 11.3 Å². The summed E-state index contributed by atoms with van der Waals surface area (Å²) in [6, 6.07) is 1.83. The van der Waals surface area contributed by atoms with Gasteiger partial charge >= 0.3 is 0 Å². The summed E-state index contributed by atoms with van der Waals surface area (Å²) in [6.07, 6.45) is 1.22. The molecule has 2 aromatic rings. The number of nitrogens with one attached hydrogen (secondary N) is 1. The summed E-state index contributed by atoms with van der Waals surface area (Å²) >= 11 is 1.50. The van der Waals surface area contributed by atoms with Crippen LogP contribution in [0.5, 0.6) is 0 Å². The Hall–Kier alpha value is -1.66. The fourth-order valence-corrected chi connectivity index (χ4v) is 2.32. The lowest BCUT2D eigenvalue weighted by Crippen LogP contribution is -2.38. The molecular formula is C12H14N2O3S. The highest BCUT2D eigenvalue weighted by Crippen LogP contribution is 2.22. The third kappa shape index (κ3) is 2.60. The van der Waals surface area contributed by atoms with E-state index in [0.29, 0.717) is 5.76 Å². The number of aromatic nitrogens is 1. The molecule has 0 fully saturated rings. The van der Waals surface area contributed by atoms with Gasteiger partial charge in [0.05, 0.1) is 6.54 Å². The largest absolute Gasteiger partial charge is 0.448 e. The van der Waals surface area contributed by atoms with Crippen molar-refractivity contribution >= 4 is 17.2 Å². The average Bonchev–Trinajstić information content (AvgIpc) is 2.96. The molecule has 2 heterocycles. The molecule has 2 rings (SSSR count). The van der Waals surface area contributed by atoms with Crippen LogP contribution < -0.4 is 5.32 Å². The number of aryl methyl sites for hydroxylation is 1.